The molecule has 0 amide bonds. The standard InChI is InChI=1S/C13H17N/c1-3-11-5-7-13(8-6-11)9-12(4-2)10-14/h5-8,12H,3-4,9H2,1-2H3. The van der Waals surface area contributed by atoms with Crippen molar-refractivity contribution in [3.63, 3.8) is 0 Å². The molecule has 1 nitrogen and oxygen atoms in total. The van der Waals surface area contributed by atoms with Crippen molar-refractivity contribution in [2.24, 2.45) is 5.92 Å². The highest BCUT2D eigenvalue weighted by atomic mass is 14.3. The second kappa shape index (κ2) is 5.44. The van der Waals surface area contributed by atoms with Crippen LogP contribution in [0.2, 0.25) is 0 Å². The maximum Gasteiger partial charge on any atom is 0.0659 e. The van der Waals surface area contributed by atoms with Gasteiger partial charge in [-0.2, -0.15) is 5.26 Å². The Bertz CT molecular complexity index is 305. The van der Waals surface area contributed by atoms with Crippen LogP contribution in [0.3, 0.4) is 0 Å². The van der Waals surface area contributed by atoms with Crippen LogP contribution in [0, 0.1) is 17.2 Å². The third kappa shape index (κ3) is 2.88. The molecule has 1 atom stereocenters. The third-order valence-corrected chi connectivity index (χ3v) is 2.59. The van der Waals surface area contributed by atoms with Crippen molar-refractivity contribution >= 4 is 0 Å². The van der Waals surface area contributed by atoms with Gasteiger partial charge in [0.2, 0.25) is 0 Å². The summed E-state index contributed by atoms with van der Waals surface area (Å²) in [6.45, 7) is 4.22. The Morgan fingerprint density at radius 3 is 2.14 bits per heavy atom. The van der Waals surface area contributed by atoms with Crippen LogP contribution in [0.25, 0.3) is 0 Å². The van der Waals surface area contributed by atoms with Crippen LogP contribution in [0.5, 0.6) is 0 Å². The van der Waals surface area contributed by atoms with Crippen molar-refractivity contribution in [3.8, 4) is 6.07 Å². The maximum atomic E-state index is 8.84. The number of hydrogen-bond acceptors (Lipinski definition) is 1. The lowest BCUT2D eigenvalue weighted by atomic mass is 9.97. The fourth-order valence-corrected chi connectivity index (χ4v) is 1.48. The summed E-state index contributed by atoms with van der Waals surface area (Å²) >= 11 is 0. The Morgan fingerprint density at radius 1 is 1.14 bits per heavy atom. The summed E-state index contributed by atoms with van der Waals surface area (Å²) in [4.78, 5) is 0. The molecule has 0 N–H and O–H groups in total. The van der Waals surface area contributed by atoms with E-state index < -0.39 is 0 Å². The maximum absolute atomic E-state index is 8.84. The smallest absolute Gasteiger partial charge is 0.0659 e. The lowest BCUT2D eigenvalue weighted by molar-refractivity contribution is 0.638. The molecule has 0 heterocycles. The lowest BCUT2D eigenvalue weighted by Gasteiger charge is -2.06. The van der Waals surface area contributed by atoms with Gasteiger partial charge in [-0.15, -0.1) is 0 Å². The van der Waals surface area contributed by atoms with Gasteiger partial charge >= 0.3 is 0 Å². The minimum atomic E-state index is 0.169. The van der Waals surface area contributed by atoms with Gasteiger partial charge in [-0.3, -0.25) is 0 Å². The summed E-state index contributed by atoms with van der Waals surface area (Å²) in [5.74, 6) is 0.169. The molecule has 1 aromatic rings. The summed E-state index contributed by atoms with van der Waals surface area (Å²) in [5.41, 5.74) is 2.63. The minimum absolute atomic E-state index is 0.169. The van der Waals surface area contributed by atoms with Gasteiger partial charge in [0.25, 0.3) is 0 Å². The Hall–Kier alpha value is -1.29. The summed E-state index contributed by atoms with van der Waals surface area (Å²) in [6, 6.07) is 10.9. The summed E-state index contributed by atoms with van der Waals surface area (Å²) in [6.07, 6.45) is 2.90. The van der Waals surface area contributed by atoms with Gasteiger partial charge in [-0.1, -0.05) is 38.1 Å². The molecule has 0 aliphatic rings. The van der Waals surface area contributed by atoms with Gasteiger partial charge in [0.15, 0.2) is 0 Å². The zero-order valence-corrected chi connectivity index (χ0v) is 8.96. The van der Waals surface area contributed by atoms with Crippen LogP contribution in [0.15, 0.2) is 24.3 Å². The Labute approximate surface area is 86.4 Å². The molecule has 1 unspecified atom stereocenters. The van der Waals surface area contributed by atoms with E-state index in [4.69, 9.17) is 5.26 Å². The molecule has 0 aromatic heterocycles. The SMILES string of the molecule is CCc1ccc(CC(C#N)CC)cc1. The number of nitriles is 1. The summed E-state index contributed by atoms with van der Waals surface area (Å²) in [7, 11) is 0. The molecule has 0 saturated heterocycles. The van der Waals surface area contributed by atoms with E-state index in [0.717, 1.165) is 19.3 Å². The second-order valence-corrected chi connectivity index (χ2v) is 3.61. The van der Waals surface area contributed by atoms with Gasteiger partial charge in [-0.25, -0.2) is 0 Å². The van der Waals surface area contributed by atoms with Crippen molar-refractivity contribution in [1.29, 1.82) is 5.26 Å². The number of hydrogen-bond donors (Lipinski definition) is 0. The van der Waals surface area contributed by atoms with E-state index in [0.29, 0.717) is 0 Å². The molecular formula is C13H17N. The average Bonchev–Trinajstić information content (AvgIpc) is 2.26. The van der Waals surface area contributed by atoms with Crippen molar-refractivity contribution in [2.45, 2.75) is 33.1 Å². The molecular weight excluding hydrogens is 170 g/mol. The van der Waals surface area contributed by atoms with Gasteiger partial charge < -0.3 is 0 Å². The zero-order valence-electron chi connectivity index (χ0n) is 8.96. The van der Waals surface area contributed by atoms with Crippen LogP contribution in [-0.4, -0.2) is 0 Å². The highest BCUT2D eigenvalue weighted by Gasteiger charge is 2.04. The van der Waals surface area contributed by atoms with Gasteiger partial charge in [0.05, 0.1) is 12.0 Å². The molecule has 74 valence electrons. The number of benzene rings is 1. The fraction of sp³-hybridized carbons (Fsp3) is 0.462. The van der Waals surface area contributed by atoms with Crippen molar-refractivity contribution in [1.82, 2.24) is 0 Å². The quantitative estimate of drug-likeness (QED) is 0.709. The molecule has 1 heteroatoms. The summed E-state index contributed by atoms with van der Waals surface area (Å²) < 4.78 is 0. The monoisotopic (exact) mass is 187 g/mol. The van der Waals surface area contributed by atoms with E-state index in [1.807, 2.05) is 0 Å². The first kappa shape index (κ1) is 10.8. The Morgan fingerprint density at radius 2 is 1.71 bits per heavy atom. The molecule has 0 radical (unpaired) electrons. The fourth-order valence-electron chi connectivity index (χ4n) is 1.48. The van der Waals surface area contributed by atoms with E-state index >= 15 is 0 Å². The number of rotatable bonds is 4. The lowest BCUT2D eigenvalue weighted by Crippen LogP contribution is -1.99. The Kier molecular flexibility index (Phi) is 4.19. The minimum Gasteiger partial charge on any atom is -0.198 e. The topological polar surface area (TPSA) is 23.8 Å². The van der Waals surface area contributed by atoms with E-state index in [1.165, 1.54) is 11.1 Å². The van der Waals surface area contributed by atoms with E-state index in [-0.39, 0.29) is 5.92 Å². The molecule has 0 saturated carbocycles. The first-order chi connectivity index (χ1) is 6.80. The molecule has 0 aliphatic heterocycles. The second-order valence-electron chi connectivity index (χ2n) is 3.61. The van der Waals surface area contributed by atoms with Crippen molar-refractivity contribution in [3.05, 3.63) is 35.4 Å². The van der Waals surface area contributed by atoms with Crippen molar-refractivity contribution < 1.29 is 0 Å². The largest absolute Gasteiger partial charge is 0.198 e. The predicted octanol–water partition coefficient (Wildman–Crippen LogP) is 3.34. The molecule has 1 aromatic carbocycles. The average molecular weight is 187 g/mol. The summed E-state index contributed by atoms with van der Waals surface area (Å²) in [5, 5.41) is 8.84. The van der Waals surface area contributed by atoms with Crippen LogP contribution in [0.4, 0.5) is 0 Å². The van der Waals surface area contributed by atoms with Crippen LogP contribution < -0.4 is 0 Å². The van der Waals surface area contributed by atoms with Gasteiger partial charge in [0.1, 0.15) is 0 Å². The normalized spacial score (nSPS) is 12.1. The number of aryl methyl sites for hydroxylation is 1. The molecule has 0 bridgehead atoms. The van der Waals surface area contributed by atoms with Crippen molar-refractivity contribution in [2.75, 3.05) is 0 Å². The van der Waals surface area contributed by atoms with Gasteiger partial charge in [-0.05, 0) is 30.4 Å². The first-order valence-corrected chi connectivity index (χ1v) is 5.27. The molecule has 1 rings (SSSR count). The highest BCUT2D eigenvalue weighted by molar-refractivity contribution is 5.23. The highest BCUT2D eigenvalue weighted by Crippen LogP contribution is 2.12. The molecule has 0 spiro atoms. The van der Waals surface area contributed by atoms with Crippen LogP contribution in [0.1, 0.15) is 31.4 Å². The van der Waals surface area contributed by atoms with E-state index in [9.17, 15) is 0 Å². The number of nitrogens with zero attached hydrogens (tertiary/aromatic N) is 1. The van der Waals surface area contributed by atoms with Crippen LogP contribution >= 0.6 is 0 Å². The predicted molar refractivity (Wildman–Crippen MR) is 58.9 cm³/mol. The molecule has 0 aliphatic carbocycles. The molecule has 14 heavy (non-hydrogen) atoms. The van der Waals surface area contributed by atoms with Gasteiger partial charge in [0, 0.05) is 0 Å². The molecule has 0 fully saturated rings. The van der Waals surface area contributed by atoms with Crippen LogP contribution in [-0.2, 0) is 12.8 Å². The van der Waals surface area contributed by atoms with E-state index in [1.54, 1.807) is 0 Å². The third-order valence-electron chi connectivity index (χ3n) is 2.59. The Balaban J connectivity index is 2.64. The van der Waals surface area contributed by atoms with E-state index in [2.05, 4.69) is 44.2 Å². The zero-order chi connectivity index (χ0) is 10.4. The first-order valence-electron chi connectivity index (χ1n) is 5.27.